The number of ether oxygens (including phenoxy) is 2. The van der Waals surface area contributed by atoms with E-state index < -0.39 is 0 Å². The summed E-state index contributed by atoms with van der Waals surface area (Å²) in [6.45, 7) is 2.08. The molecule has 0 spiro atoms. The van der Waals surface area contributed by atoms with Gasteiger partial charge < -0.3 is 9.47 Å². The summed E-state index contributed by atoms with van der Waals surface area (Å²) in [6, 6.07) is 14.1. The van der Waals surface area contributed by atoms with Crippen molar-refractivity contribution < 1.29 is 9.47 Å². The van der Waals surface area contributed by atoms with Crippen LogP contribution in [0.3, 0.4) is 0 Å². The minimum absolute atomic E-state index is 0.858. The Labute approximate surface area is 102 Å². The van der Waals surface area contributed by atoms with Crippen LogP contribution >= 0.6 is 0 Å². The lowest BCUT2D eigenvalue weighted by molar-refractivity contribution is 0.413. The Morgan fingerprint density at radius 1 is 0.824 bits per heavy atom. The van der Waals surface area contributed by atoms with Crippen LogP contribution in [0.5, 0.6) is 11.5 Å². The second-order valence-corrected chi connectivity index (χ2v) is 3.88. The van der Waals surface area contributed by atoms with Gasteiger partial charge >= 0.3 is 0 Å². The van der Waals surface area contributed by atoms with Crippen molar-refractivity contribution in [2.24, 2.45) is 0 Å². The topological polar surface area (TPSA) is 18.5 Å². The van der Waals surface area contributed by atoms with E-state index in [0.29, 0.717) is 0 Å². The third-order valence-electron chi connectivity index (χ3n) is 2.84. The number of hydrogen-bond donors (Lipinski definition) is 0. The lowest BCUT2D eigenvalue weighted by Gasteiger charge is -2.12. The van der Waals surface area contributed by atoms with Crippen molar-refractivity contribution in [1.82, 2.24) is 0 Å². The first-order valence-corrected chi connectivity index (χ1v) is 5.54. The predicted molar refractivity (Wildman–Crippen MR) is 69.7 cm³/mol. The second-order valence-electron chi connectivity index (χ2n) is 3.88. The number of rotatable bonds is 3. The van der Waals surface area contributed by atoms with Gasteiger partial charge in [-0.15, -0.1) is 0 Å². The molecule has 0 atom stereocenters. The Balaban J connectivity index is 2.59. The normalized spacial score (nSPS) is 10.1. The first-order chi connectivity index (χ1) is 8.26. The van der Waals surface area contributed by atoms with Gasteiger partial charge in [-0.1, -0.05) is 24.3 Å². The fourth-order valence-electron chi connectivity index (χ4n) is 1.89. The average molecular weight is 228 g/mol. The van der Waals surface area contributed by atoms with Gasteiger partial charge in [-0.3, -0.25) is 0 Å². The Hall–Kier alpha value is -1.96. The summed E-state index contributed by atoms with van der Waals surface area (Å²) in [5.41, 5.74) is 3.43. The molecule has 0 N–H and O–H groups in total. The van der Waals surface area contributed by atoms with Crippen LogP contribution in [0.2, 0.25) is 0 Å². The SMILES string of the molecule is COc1ccc(C)c(-c2ccccc2OC)c1. The minimum Gasteiger partial charge on any atom is -0.497 e. The molecular formula is C15H16O2. The van der Waals surface area contributed by atoms with Crippen molar-refractivity contribution in [3.8, 4) is 22.6 Å². The molecule has 0 saturated heterocycles. The molecule has 0 amide bonds. The van der Waals surface area contributed by atoms with Gasteiger partial charge in [-0.25, -0.2) is 0 Å². The molecule has 0 aliphatic heterocycles. The lowest BCUT2D eigenvalue weighted by Crippen LogP contribution is -1.91. The molecular weight excluding hydrogens is 212 g/mol. The van der Waals surface area contributed by atoms with E-state index in [0.717, 1.165) is 22.6 Å². The van der Waals surface area contributed by atoms with Gasteiger partial charge in [0.1, 0.15) is 11.5 Å². The summed E-state index contributed by atoms with van der Waals surface area (Å²) in [4.78, 5) is 0. The third-order valence-corrected chi connectivity index (χ3v) is 2.84. The number of hydrogen-bond acceptors (Lipinski definition) is 2. The molecule has 0 bridgehead atoms. The van der Waals surface area contributed by atoms with Crippen LogP contribution in [0.25, 0.3) is 11.1 Å². The maximum Gasteiger partial charge on any atom is 0.126 e. The molecule has 0 aliphatic carbocycles. The third kappa shape index (κ3) is 2.26. The molecule has 0 heterocycles. The van der Waals surface area contributed by atoms with Crippen molar-refractivity contribution in [1.29, 1.82) is 0 Å². The van der Waals surface area contributed by atoms with Gasteiger partial charge in [0.05, 0.1) is 14.2 Å². The van der Waals surface area contributed by atoms with Crippen LogP contribution in [-0.2, 0) is 0 Å². The molecule has 2 rings (SSSR count). The molecule has 2 heteroatoms. The zero-order valence-corrected chi connectivity index (χ0v) is 10.4. The van der Waals surface area contributed by atoms with E-state index in [4.69, 9.17) is 9.47 Å². The fourth-order valence-corrected chi connectivity index (χ4v) is 1.89. The summed E-state index contributed by atoms with van der Waals surface area (Å²) < 4.78 is 10.7. The molecule has 2 aromatic rings. The maximum absolute atomic E-state index is 5.39. The molecule has 0 aromatic heterocycles. The first kappa shape index (κ1) is 11.5. The molecule has 0 saturated carbocycles. The standard InChI is InChI=1S/C15H16O2/c1-11-8-9-12(16-2)10-14(11)13-6-4-5-7-15(13)17-3/h4-10H,1-3H3. The largest absolute Gasteiger partial charge is 0.497 e. The van der Waals surface area contributed by atoms with Crippen molar-refractivity contribution in [2.45, 2.75) is 6.92 Å². The van der Waals surface area contributed by atoms with E-state index in [9.17, 15) is 0 Å². The van der Waals surface area contributed by atoms with Gasteiger partial charge in [0.2, 0.25) is 0 Å². The Morgan fingerprint density at radius 2 is 1.59 bits per heavy atom. The van der Waals surface area contributed by atoms with Gasteiger partial charge in [-0.2, -0.15) is 0 Å². The Bertz CT molecular complexity index is 518. The molecule has 0 aliphatic rings. The van der Waals surface area contributed by atoms with Crippen molar-refractivity contribution in [2.75, 3.05) is 14.2 Å². The molecule has 17 heavy (non-hydrogen) atoms. The summed E-state index contributed by atoms with van der Waals surface area (Å²) in [6.07, 6.45) is 0. The number of aryl methyl sites for hydroxylation is 1. The summed E-state index contributed by atoms with van der Waals surface area (Å²) in [5, 5.41) is 0. The molecule has 0 unspecified atom stereocenters. The van der Waals surface area contributed by atoms with E-state index >= 15 is 0 Å². The van der Waals surface area contributed by atoms with Crippen molar-refractivity contribution in [3.05, 3.63) is 48.0 Å². The monoisotopic (exact) mass is 228 g/mol. The van der Waals surface area contributed by atoms with Crippen LogP contribution < -0.4 is 9.47 Å². The summed E-state index contributed by atoms with van der Waals surface area (Å²) in [7, 11) is 3.37. The second kappa shape index (κ2) is 4.91. The Kier molecular flexibility index (Phi) is 3.33. The number of para-hydroxylation sites is 1. The van der Waals surface area contributed by atoms with Crippen LogP contribution in [-0.4, -0.2) is 14.2 Å². The first-order valence-electron chi connectivity index (χ1n) is 5.54. The highest BCUT2D eigenvalue weighted by atomic mass is 16.5. The van der Waals surface area contributed by atoms with Gasteiger partial charge in [0.25, 0.3) is 0 Å². The highest BCUT2D eigenvalue weighted by Gasteiger charge is 2.08. The predicted octanol–water partition coefficient (Wildman–Crippen LogP) is 3.68. The highest BCUT2D eigenvalue weighted by Crippen LogP contribution is 2.33. The van der Waals surface area contributed by atoms with Crippen LogP contribution in [0.4, 0.5) is 0 Å². The van der Waals surface area contributed by atoms with Gasteiger partial charge in [0.15, 0.2) is 0 Å². The van der Waals surface area contributed by atoms with E-state index in [1.165, 1.54) is 5.56 Å². The highest BCUT2D eigenvalue weighted by molar-refractivity contribution is 5.74. The molecule has 0 fully saturated rings. The lowest BCUT2D eigenvalue weighted by atomic mass is 9.99. The smallest absolute Gasteiger partial charge is 0.126 e. The minimum atomic E-state index is 0.858. The zero-order valence-electron chi connectivity index (χ0n) is 10.4. The van der Waals surface area contributed by atoms with E-state index in [2.05, 4.69) is 19.1 Å². The van der Waals surface area contributed by atoms with Crippen molar-refractivity contribution >= 4 is 0 Å². The Morgan fingerprint density at radius 3 is 2.29 bits per heavy atom. The van der Waals surface area contributed by atoms with Crippen LogP contribution in [0, 0.1) is 6.92 Å². The molecule has 2 aromatic carbocycles. The molecule has 0 radical (unpaired) electrons. The zero-order chi connectivity index (χ0) is 12.3. The van der Waals surface area contributed by atoms with E-state index in [-0.39, 0.29) is 0 Å². The van der Waals surface area contributed by atoms with Crippen LogP contribution in [0.15, 0.2) is 42.5 Å². The average Bonchev–Trinajstić information content (AvgIpc) is 2.39. The quantitative estimate of drug-likeness (QED) is 0.797. The summed E-state index contributed by atoms with van der Waals surface area (Å²) >= 11 is 0. The van der Waals surface area contributed by atoms with E-state index in [1.54, 1.807) is 14.2 Å². The number of methoxy groups -OCH3 is 2. The van der Waals surface area contributed by atoms with E-state index in [1.807, 2.05) is 30.3 Å². The van der Waals surface area contributed by atoms with Gasteiger partial charge in [0, 0.05) is 5.56 Å². The maximum atomic E-state index is 5.39. The van der Waals surface area contributed by atoms with Gasteiger partial charge in [-0.05, 0) is 36.2 Å². The number of benzene rings is 2. The summed E-state index contributed by atoms with van der Waals surface area (Å²) in [5.74, 6) is 1.74. The van der Waals surface area contributed by atoms with Crippen molar-refractivity contribution in [3.63, 3.8) is 0 Å². The molecule has 2 nitrogen and oxygen atoms in total. The fraction of sp³-hybridized carbons (Fsp3) is 0.200. The van der Waals surface area contributed by atoms with Crippen LogP contribution in [0.1, 0.15) is 5.56 Å². The molecule has 88 valence electrons.